The van der Waals surface area contributed by atoms with Gasteiger partial charge in [0, 0.05) is 10.8 Å². The first-order valence-electron chi connectivity index (χ1n) is 19.5. The summed E-state index contributed by atoms with van der Waals surface area (Å²) in [4.78, 5) is 0. The van der Waals surface area contributed by atoms with Crippen molar-refractivity contribution in [2.24, 2.45) is 0 Å². The van der Waals surface area contributed by atoms with Gasteiger partial charge in [0.15, 0.2) is 0 Å². The lowest BCUT2D eigenvalue weighted by Gasteiger charge is -2.24. The first-order chi connectivity index (χ1) is 26.0. The van der Waals surface area contributed by atoms with Gasteiger partial charge in [0.05, 0.1) is 0 Å². The molecule has 2 aliphatic carbocycles. The Labute approximate surface area is 320 Å². The van der Waals surface area contributed by atoms with Gasteiger partial charge in [-0.3, -0.25) is 0 Å². The first kappa shape index (κ1) is 32.9. The lowest BCUT2D eigenvalue weighted by molar-refractivity contribution is 0.660. The van der Waals surface area contributed by atoms with Gasteiger partial charge < -0.3 is 0 Å². The molecule has 0 saturated carbocycles. The van der Waals surface area contributed by atoms with Crippen LogP contribution in [0, 0.1) is 27.7 Å². The van der Waals surface area contributed by atoms with E-state index in [0.717, 1.165) is 0 Å². The van der Waals surface area contributed by atoms with E-state index in [2.05, 4.69) is 189 Å². The van der Waals surface area contributed by atoms with Gasteiger partial charge in [-0.05, 0) is 168 Å². The Balaban J connectivity index is 1.29. The number of aryl methyl sites for hydroxylation is 2. The lowest BCUT2D eigenvalue weighted by Crippen LogP contribution is -2.14. The van der Waals surface area contributed by atoms with E-state index >= 15 is 0 Å². The van der Waals surface area contributed by atoms with Crippen LogP contribution in [0.2, 0.25) is 0 Å². The highest BCUT2D eigenvalue weighted by Gasteiger charge is 2.36. The molecule has 54 heavy (non-hydrogen) atoms. The summed E-state index contributed by atoms with van der Waals surface area (Å²) in [6, 6.07) is 51.2. The van der Waals surface area contributed by atoms with Crippen LogP contribution < -0.4 is 0 Å². The molecule has 0 aliphatic heterocycles. The molecule has 0 radical (unpaired) electrons. The van der Waals surface area contributed by atoms with Crippen LogP contribution in [0.5, 0.6) is 0 Å². The third-order valence-corrected chi connectivity index (χ3v) is 13.4. The van der Waals surface area contributed by atoms with Gasteiger partial charge in [-0.1, -0.05) is 143 Å². The highest BCUT2D eigenvalue weighted by Crippen LogP contribution is 2.53. The molecule has 0 aromatic heterocycles. The van der Waals surface area contributed by atoms with Crippen LogP contribution in [-0.2, 0) is 10.8 Å². The second-order valence-corrected chi connectivity index (χ2v) is 17.1. The van der Waals surface area contributed by atoms with Crippen molar-refractivity contribution in [3.8, 4) is 55.6 Å². The molecule has 10 rings (SSSR count). The van der Waals surface area contributed by atoms with Crippen LogP contribution >= 0.6 is 0 Å². The van der Waals surface area contributed by atoms with Crippen molar-refractivity contribution in [2.45, 2.75) is 66.2 Å². The Kier molecular flexibility index (Phi) is 6.94. The zero-order valence-electron chi connectivity index (χ0n) is 32.7. The van der Waals surface area contributed by atoms with Crippen LogP contribution in [-0.4, -0.2) is 0 Å². The Hall–Kier alpha value is -5.72. The fourth-order valence-electron chi connectivity index (χ4n) is 10.3. The molecule has 0 saturated heterocycles. The van der Waals surface area contributed by atoms with Crippen LogP contribution in [0.25, 0.3) is 77.2 Å². The predicted octanol–water partition coefficient (Wildman–Crippen LogP) is 14.8. The van der Waals surface area contributed by atoms with E-state index < -0.39 is 0 Å². The van der Waals surface area contributed by atoms with E-state index in [4.69, 9.17) is 0 Å². The molecule has 0 spiro atoms. The third-order valence-electron chi connectivity index (χ3n) is 13.4. The van der Waals surface area contributed by atoms with Crippen LogP contribution in [0.3, 0.4) is 0 Å². The van der Waals surface area contributed by atoms with Crippen molar-refractivity contribution in [1.29, 1.82) is 0 Å². The summed E-state index contributed by atoms with van der Waals surface area (Å²) in [6.45, 7) is 18.6. The predicted molar refractivity (Wildman–Crippen MR) is 232 cm³/mol. The number of hydrogen-bond donors (Lipinski definition) is 0. The molecule has 2 aliphatic rings. The zero-order chi connectivity index (χ0) is 37.3. The van der Waals surface area contributed by atoms with Gasteiger partial charge in [0.25, 0.3) is 0 Å². The average Bonchev–Trinajstić information content (AvgIpc) is 3.55. The fourth-order valence-corrected chi connectivity index (χ4v) is 10.3. The summed E-state index contributed by atoms with van der Waals surface area (Å²) in [7, 11) is 0. The van der Waals surface area contributed by atoms with Crippen molar-refractivity contribution >= 4 is 21.5 Å². The van der Waals surface area contributed by atoms with Gasteiger partial charge in [-0.25, -0.2) is 0 Å². The monoisotopic (exact) mass is 694 g/mol. The summed E-state index contributed by atoms with van der Waals surface area (Å²) in [5, 5.41) is 5.21. The quantitative estimate of drug-likeness (QED) is 0.162. The van der Waals surface area contributed by atoms with Crippen LogP contribution in [0.15, 0.2) is 133 Å². The number of fused-ring (bicyclic) bond motifs is 8. The maximum atomic E-state index is 2.50. The molecule has 0 fully saturated rings. The largest absolute Gasteiger partial charge is 0.0619 e. The number of rotatable bonds is 3. The van der Waals surface area contributed by atoms with E-state index in [9.17, 15) is 0 Å². The highest BCUT2D eigenvalue weighted by molar-refractivity contribution is 6.22. The Morgan fingerprint density at radius 2 is 0.796 bits per heavy atom. The molecule has 0 heteroatoms. The van der Waals surface area contributed by atoms with E-state index in [1.54, 1.807) is 0 Å². The Bertz CT molecular complexity index is 2880. The Morgan fingerprint density at radius 3 is 1.48 bits per heavy atom. The molecule has 262 valence electrons. The van der Waals surface area contributed by atoms with Gasteiger partial charge in [0.2, 0.25) is 0 Å². The summed E-state index contributed by atoms with van der Waals surface area (Å²) in [5.74, 6) is 0. The van der Waals surface area contributed by atoms with Gasteiger partial charge in [-0.15, -0.1) is 0 Å². The molecule has 0 amide bonds. The summed E-state index contributed by atoms with van der Waals surface area (Å²) in [6.07, 6.45) is 0. The van der Waals surface area contributed by atoms with E-state index in [1.807, 2.05) is 0 Å². The molecule has 0 N–H and O–H groups in total. The molecule has 0 atom stereocenters. The Morgan fingerprint density at radius 1 is 0.315 bits per heavy atom. The summed E-state index contributed by atoms with van der Waals surface area (Å²) < 4.78 is 0. The van der Waals surface area contributed by atoms with E-state index in [1.165, 1.54) is 122 Å². The maximum absolute atomic E-state index is 2.50. The molecule has 0 unspecified atom stereocenters. The molecule has 8 aromatic carbocycles. The van der Waals surface area contributed by atoms with Crippen LogP contribution in [0.4, 0.5) is 0 Å². The zero-order valence-corrected chi connectivity index (χ0v) is 32.7. The minimum absolute atomic E-state index is 0.0370. The minimum atomic E-state index is -0.0557. The summed E-state index contributed by atoms with van der Waals surface area (Å²) in [5.41, 5.74) is 24.2. The molecule has 0 bridgehead atoms. The molecular weight excluding hydrogens is 649 g/mol. The van der Waals surface area contributed by atoms with Crippen molar-refractivity contribution in [3.63, 3.8) is 0 Å². The normalized spacial score (nSPS) is 14.6. The molecule has 0 nitrogen and oxygen atoms in total. The van der Waals surface area contributed by atoms with Crippen molar-refractivity contribution < 1.29 is 0 Å². The fraction of sp³-hybridized carbons (Fsp3) is 0.185. The second-order valence-electron chi connectivity index (χ2n) is 17.1. The van der Waals surface area contributed by atoms with Crippen molar-refractivity contribution in [3.05, 3.63) is 178 Å². The standard InChI is InChI=1S/C54H46/c1-31-27-32(2)34(4)50(33(31)3)52-42-18-10-9-17-41(42)51(37-23-26-48-44(29-37)39-16-12-14-20-47(39)53(48,5)6)45-28-35(22-25-43(45)52)36-21-24-40-38-15-11-13-19-46(38)54(7,8)49(40)30-36/h9-30H,1-8H3. The van der Waals surface area contributed by atoms with E-state index in [0.29, 0.717) is 0 Å². The minimum Gasteiger partial charge on any atom is -0.0619 e. The summed E-state index contributed by atoms with van der Waals surface area (Å²) >= 11 is 0. The van der Waals surface area contributed by atoms with Crippen LogP contribution in [0.1, 0.15) is 72.2 Å². The molecule has 0 heterocycles. The number of hydrogen-bond acceptors (Lipinski definition) is 0. The average molecular weight is 695 g/mol. The maximum Gasteiger partial charge on any atom is 0.0159 e. The topological polar surface area (TPSA) is 0 Å². The third kappa shape index (κ3) is 4.43. The second kappa shape index (κ2) is 11.4. The smallest absolute Gasteiger partial charge is 0.0159 e. The molecular formula is C54H46. The lowest BCUT2D eigenvalue weighted by atomic mass is 9.79. The first-order valence-corrected chi connectivity index (χ1v) is 19.5. The van der Waals surface area contributed by atoms with Gasteiger partial charge >= 0.3 is 0 Å². The molecule has 8 aromatic rings. The van der Waals surface area contributed by atoms with Crippen molar-refractivity contribution in [1.82, 2.24) is 0 Å². The van der Waals surface area contributed by atoms with Gasteiger partial charge in [0.1, 0.15) is 0 Å². The number of benzene rings is 8. The van der Waals surface area contributed by atoms with Gasteiger partial charge in [-0.2, -0.15) is 0 Å². The SMILES string of the molecule is Cc1cc(C)c(C)c(-c2c3ccccc3c(-c3ccc4c(c3)-c3ccccc3C4(C)C)c3cc(-c4ccc5c(c4)C(C)(C)c4ccccc4-5)ccc23)c1C. The van der Waals surface area contributed by atoms with E-state index in [-0.39, 0.29) is 10.8 Å². The highest BCUT2D eigenvalue weighted by atomic mass is 14.4. The van der Waals surface area contributed by atoms with Crippen molar-refractivity contribution in [2.75, 3.05) is 0 Å².